The molecule has 2 rings (SSSR count). The predicted molar refractivity (Wildman–Crippen MR) is 59.6 cm³/mol. The first-order valence-electron chi connectivity index (χ1n) is 4.65. The van der Waals surface area contributed by atoms with Gasteiger partial charge in [-0.05, 0) is 12.1 Å². The summed E-state index contributed by atoms with van der Waals surface area (Å²) in [6.07, 6.45) is 2.14. The Morgan fingerprint density at radius 3 is 2.47 bits per heavy atom. The van der Waals surface area contributed by atoms with Crippen LogP contribution >= 0.6 is 0 Å². The quantitative estimate of drug-likeness (QED) is 0.491. The van der Waals surface area contributed by atoms with Gasteiger partial charge in [0.25, 0.3) is 0 Å². The molecule has 0 aliphatic carbocycles. The van der Waals surface area contributed by atoms with Gasteiger partial charge in [0.05, 0.1) is 10.6 Å². The molecule has 1 aromatic carbocycles. The number of hydrogen-bond acceptors (Lipinski definition) is 6. The van der Waals surface area contributed by atoms with Gasteiger partial charge in [-0.3, -0.25) is 10.1 Å². The number of benzene rings is 1. The van der Waals surface area contributed by atoms with E-state index in [2.05, 4.69) is 9.97 Å². The third-order valence-corrected chi connectivity index (χ3v) is 1.95. The smallest absolute Gasteiger partial charge is 0.322 e. The fraction of sp³-hybridized carbons (Fsp3) is 0. The summed E-state index contributed by atoms with van der Waals surface area (Å²) in [5.41, 5.74) is 5.90. The van der Waals surface area contributed by atoms with Crippen LogP contribution < -0.4 is 10.5 Å². The lowest BCUT2D eigenvalue weighted by Crippen LogP contribution is -1.96. The molecule has 1 aromatic heterocycles. The minimum Gasteiger partial charge on any atom is -0.422 e. The summed E-state index contributed by atoms with van der Waals surface area (Å²) in [4.78, 5) is 17.2. The highest BCUT2D eigenvalue weighted by Crippen LogP contribution is 2.24. The predicted octanol–water partition coefficient (Wildman–Crippen LogP) is 1.76. The van der Waals surface area contributed by atoms with Gasteiger partial charge in [-0.2, -0.15) is 9.97 Å². The van der Waals surface area contributed by atoms with Crippen LogP contribution in [0.2, 0.25) is 0 Å². The molecule has 86 valence electrons. The molecule has 2 aromatic rings. The Bertz CT molecular complexity index is 542. The average molecular weight is 232 g/mol. The van der Waals surface area contributed by atoms with Crippen LogP contribution in [0.4, 0.5) is 11.4 Å². The molecular formula is C10H8N4O3. The van der Waals surface area contributed by atoms with Crippen LogP contribution in [-0.4, -0.2) is 14.9 Å². The van der Waals surface area contributed by atoms with Crippen LogP contribution in [0, 0.1) is 10.1 Å². The maximum atomic E-state index is 10.4. The molecule has 2 N–H and O–H groups in total. The van der Waals surface area contributed by atoms with Crippen LogP contribution in [0.1, 0.15) is 0 Å². The van der Waals surface area contributed by atoms with Crippen LogP contribution in [-0.2, 0) is 0 Å². The molecule has 0 amide bonds. The molecule has 0 radical (unpaired) electrons. The number of nitro groups is 1. The lowest BCUT2D eigenvalue weighted by molar-refractivity contribution is -0.385. The van der Waals surface area contributed by atoms with Crippen LogP contribution in [0.15, 0.2) is 36.7 Å². The van der Waals surface area contributed by atoms with Crippen molar-refractivity contribution in [2.24, 2.45) is 0 Å². The van der Waals surface area contributed by atoms with E-state index in [1.165, 1.54) is 0 Å². The Balaban J connectivity index is 2.20. The lowest BCUT2D eigenvalue weighted by Gasteiger charge is -2.05. The maximum Gasteiger partial charge on any atom is 0.322 e. The Morgan fingerprint density at radius 1 is 1.24 bits per heavy atom. The van der Waals surface area contributed by atoms with Crippen molar-refractivity contribution in [3.8, 4) is 11.8 Å². The summed E-state index contributed by atoms with van der Waals surface area (Å²) in [5, 5.41) is 10.4. The monoisotopic (exact) mass is 232 g/mol. The highest BCUT2D eigenvalue weighted by atomic mass is 16.6. The molecule has 7 nitrogen and oxygen atoms in total. The summed E-state index contributed by atoms with van der Waals surface area (Å²) in [6.45, 7) is 0. The van der Waals surface area contributed by atoms with Gasteiger partial charge in [0, 0.05) is 0 Å². The number of hydrogen-bond donors (Lipinski definition) is 1. The fourth-order valence-corrected chi connectivity index (χ4v) is 1.13. The zero-order valence-electron chi connectivity index (χ0n) is 8.61. The number of rotatable bonds is 3. The number of ether oxygens (including phenoxy) is 1. The van der Waals surface area contributed by atoms with Gasteiger partial charge in [-0.15, -0.1) is 0 Å². The number of nitrogen functional groups attached to an aromatic ring is 1. The molecule has 1 heterocycles. The van der Waals surface area contributed by atoms with E-state index in [1.807, 2.05) is 0 Å². The molecular weight excluding hydrogens is 224 g/mol. The second-order valence-corrected chi connectivity index (χ2v) is 3.12. The van der Waals surface area contributed by atoms with Gasteiger partial charge < -0.3 is 10.5 Å². The molecule has 17 heavy (non-hydrogen) atoms. The Kier molecular flexibility index (Phi) is 2.82. The van der Waals surface area contributed by atoms with Gasteiger partial charge in [0.2, 0.25) is 0 Å². The third kappa shape index (κ3) is 2.46. The zero-order chi connectivity index (χ0) is 12.3. The highest BCUT2D eigenvalue weighted by molar-refractivity contribution is 5.52. The summed E-state index contributed by atoms with van der Waals surface area (Å²) < 4.78 is 5.27. The van der Waals surface area contributed by atoms with E-state index < -0.39 is 4.92 Å². The number of aromatic nitrogens is 2. The number of anilines is 1. The van der Waals surface area contributed by atoms with E-state index in [0.29, 0.717) is 11.4 Å². The Labute approximate surface area is 96.0 Å². The van der Waals surface area contributed by atoms with Crippen LogP contribution in [0.25, 0.3) is 0 Å². The molecule has 0 spiro atoms. The SMILES string of the molecule is Nc1ccccc1Oc1ncc([N+](=O)[O-])cn1. The van der Waals surface area contributed by atoms with Crippen molar-refractivity contribution >= 4 is 11.4 Å². The normalized spacial score (nSPS) is 9.88. The first-order chi connectivity index (χ1) is 8.16. The van der Waals surface area contributed by atoms with Gasteiger partial charge in [-0.1, -0.05) is 12.1 Å². The van der Waals surface area contributed by atoms with Crippen molar-refractivity contribution < 1.29 is 9.66 Å². The van der Waals surface area contributed by atoms with Crippen molar-refractivity contribution in [3.05, 3.63) is 46.8 Å². The van der Waals surface area contributed by atoms with Crippen LogP contribution in [0.5, 0.6) is 11.8 Å². The van der Waals surface area contributed by atoms with Gasteiger partial charge >= 0.3 is 11.7 Å². The zero-order valence-corrected chi connectivity index (χ0v) is 8.61. The molecule has 0 saturated heterocycles. The fourth-order valence-electron chi connectivity index (χ4n) is 1.13. The second-order valence-electron chi connectivity index (χ2n) is 3.12. The molecule has 0 fully saturated rings. The minimum atomic E-state index is -0.583. The number of nitrogens with two attached hydrogens (primary N) is 1. The summed E-state index contributed by atoms with van der Waals surface area (Å²) in [5.74, 6) is 0.404. The Morgan fingerprint density at radius 2 is 1.88 bits per heavy atom. The number of para-hydroxylation sites is 2. The van der Waals surface area contributed by atoms with Crippen molar-refractivity contribution in [1.29, 1.82) is 0 Å². The topological polar surface area (TPSA) is 104 Å². The largest absolute Gasteiger partial charge is 0.422 e. The standard InChI is InChI=1S/C10H8N4O3/c11-8-3-1-2-4-9(8)17-10-12-5-7(6-13-10)14(15)16/h1-6H,11H2. The summed E-state index contributed by atoms with van der Waals surface area (Å²) in [7, 11) is 0. The minimum absolute atomic E-state index is 0.00787. The van der Waals surface area contributed by atoms with E-state index in [4.69, 9.17) is 10.5 Å². The van der Waals surface area contributed by atoms with Crippen molar-refractivity contribution in [3.63, 3.8) is 0 Å². The van der Waals surface area contributed by atoms with Crippen molar-refractivity contribution in [1.82, 2.24) is 9.97 Å². The Hall–Kier alpha value is -2.70. The lowest BCUT2D eigenvalue weighted by atomic mass is 10.3. The van der Waals surface area contributed by atoms with Gasteiger partial charge in [0.1, 0.15) is 12.4 Å². The van der Waals surface area contributed by atoms with E-state index >= 15 is 0 Å². The van der Waals surface area contributed by atoms with Crippen molar-refractivity contribution in [2.45, 2.75) is 0 Å². The van der Waals surface area contributed by atoms with Crippen molar-refractivity contribution in [2.75, 3.05) is 5.73 Å². The molecule has 0 aliphatic heterocycles. The molecule has 0 bridgehead atoms. The van der Waals surface area contributed by atoms with E-state index in [0.717, 1.165) is 12.4 Å². The average Bonchev–Trinajstić information content (AvgIpc) is 2.33. The molecule has 0 aliphatic rings. The maximum absolute atomic E-state index is 10.4. The van der Waals surface area contributed by atoms with Crippen LogP contribution in [0.3, 0.4) is 0 Å². The van der Waals surface area contributed by atoms with Gasteiger partial charge in [-0.25, -0.2) is 0 Å². The third-order valence-electron chi connectivity index (χ3n) is 1.95. The molecule has 0 saturated carbocycles. The van der Waals surface area contributed by atoms with E-state index in [-0.39, 0.29) is 11.7 Å². The summed E-state index contributed by atoms with van der Waals surface area (Å²) in [6, 6.07) is 6.84. The summed E-state index contributed by atoms with van der Waals surface area (Å²) >= 11 is 0. The highest BCUT2D eigenvalue weighted by Gasteiger charge is 2.08. The van der Waals surface area contributed by atoms with E-state index in [1.54, 1.807) is 24.3 Å². The first kappa shape index (κ1) is 10.8. The van der Waals surface area contributed by atoms with E-state index in [9.17, 15) is 10.1 Å². The first-order valence-corrected chi connectivity index (χ1v) is 4.65. The second kappa shape index (κ2) is 4.44. The molecule has 0 atom stereocenters. The number of nitrogens with zero attached hydrogens (tertiary/aromatic N) is 3. The molecule has 0 unspecified atom stereocenters. The van der Waals surface area contributed by atoms with Gasteiger partial charge in [0.15, 0.2) is 5.75 Å². The molecule has 7 heteroatoms.